The Bertz CT molecular complexity index is 733. The van der Waals surface area contributed by atoms with E-state index in [4.69, 9.17) is 0 Å². The second kappa shape index (κ2) is 8.53. The fraction of sp³-hybridized carbons (Fsp3) is 0.556. The smallest absolute Gasteiger partial charge is 0.243 e. The highest BCUT2D eigenvalue weighted by Crippen LogP contribution is 2.29. The van der Waals surface area contributed by atoms with Gasteiger partial charge in [0.25, 0.3) is 0 Å². The molecule has 0 bridgehead atoms. The number of piperazine rings is 1. The van der Waals surface area contributed by atoms with Crippen molar-refractivity contribution in [2.24, 2.45) is 0 Å². The molecule has 0 aliphatic carbocycles. The van der Waals surface area contributed by atoms with Gasteiger partial charge >= 0.3 is 0 Å². The van der Waals surface area contributed by atoms with Crippen molar-refractivity contribution >= 4 is 28.0 Å². The maximum atomic E-state index is 12.7. The third-order valence-corrected chi connectivity index (χ3v) is 5.82. The van der Waals surface area contributed by atoms with Gasteiger partial charge in [0.2, 0.25) is 22.3 Å². The van der Waals surface area contributed by atoms with Crippen LogP contribution in [0, 0.1) is 0 Å². The van der Waals surface area contributed by atoms with Gasteiger partial charge in [-0.25, -0.2) is 8.42 Å². The number of amides is 2. The standard InChI is InChI=1S/C18H27N3O4S/c1-4-15-7-6-8-16(5-2)18(15)21(26(3,24)25)13-17(23)20-11-9-19(14-22)10-12-20/h6-8,14H,4-5,9-13H2,1-3H3. The van der Waals surface area contributed by atoms with Crippen LogP contribution in [-0.2, 0) is 32.5 Å². The third-order valence-electron chi connectivity index (χ3n) is 4.71. The average molecular weight is 381 g/mol. The molecule has 1 aromatic carbocycles. The normalized spacial score (nSPS) is 15.0. The molecule has 0 unspecified atom stereocenters. The summed E-state index contributed by atoms with van der Waals surface area (Å²) < 4.78 is 26.2. The van der Waals surface area contributed by atoms with E-state index in [9.17, 15) is 18.0 Å². The maximum absolute atomic E-state index is 12.7. The Morgan fingerprint density at radius 2 is 1.65 bits per heavy atom. The zero-order valence-corrected chi connectivity index (χ0v) is 16.5. The van der Waals surface area contributed by atoms with E-state index in [-0.39, 0.29) is 12.5 Å². The monoisotopic (exact) mass is 381 g/mol. The van der Waals surface area contributed by atoms with Gasteiger partial charge < -0.3 is 9.80 Å². The second-order valence-electron chi connectivity index (χ2n) is 6.42. The fourth-order valence-electron chi connectivity index (χ4n) is 3.20. The molecule has 26 heavy (non-hydrogen) atoms. The van der Waals surface area contributed by atoms with Gasteiger partial charge in [0.1, 0.15) is 6.54 Å². The summed E-state index contributed by atoms with van der Waals surface area (Å²) in [5, 5.41) is 0. The second-order valence-corrected chi connectivity index (χ2v) is 8.33. The molecule has 1 saturated heterocycles. The maximum Gasteiger partial charge on any atom is 0.243 e. The highest BCUT2D eigenvalue weighted by molar-refractivity contribution is 7.92. The van der Waals surface area contributed by atoms with E-state index >= 15 is 0 Å². The van der Waals surface area contributed by atoms with Crippen molar-refractivity contribution < 1.29 is 18.0 Å². The summed E-state index contributed by atoms with van der Waals surface area (Å²) in [6, 6.07) is 5.72. The highest BCUT2D eigenvalue weighted by atomic mass is 32.2. The van der Waals surface area contributed by atoms with E-state index < -0.39 is 10.0 Å². The lowest BCUT2D eigenvalue weighted by Crippen LogP contribution is -2.51. The first-order chi connectivity index (χ1) is 12.3. The summed E-state index contributed by atoms with van der Waals surface area (Å²) in [5.74, 6) is -0.242. The number of carbonyl (C=O) groups excluding carboxylic acids is 2. The molecule has 0 saturated carbocycles. The molecule has 1 heterocycles. The van der Waals surface area contributed by atoms with Gasteiger partial charge in [-0.1, -0.05) is 32.0 Å². The lowest BCUT2D eigenvalue weighted by atomic mass is 10.0. The Morgan fingerprint density at radius 1 is 1.12 bits per heavy atom. The molecular weight excluding hydrogens is 354 g/mol. The number of benzene rings is 1. The van der Waals surface area contributed by atoms with Gasteiger partial charge in [-0.15, -0.1) is 0 Å². The molecule has 2 rings (SSSR count). The Kier molecular flexibility index (Phi) is 6.63. The van der Waals surface area contributed by atoms with Crippen molar-refractivity contribution in [1.29, 1.82) is 0 Å². The number of carbonyl (C=O) groups is 2. The number of hydrogen-bond acceptors (Lipinski definition) is 4. The van der Waals surface area contributed by atoms with Crippen LogP contribution in [0.4, 0.5) is 5.69 Å². The summed E-state index contributed by atoms with van der Waals surface area (Å²) in [7, 11) is -3.61. The van der Waals surface area contributed by atoms with Crippen molar-refractivity contribution in [1.82, 2.24) is 9.80 Å². The number of sulfonamides is 1. The van der Waals surface area contributed by atoms with E-state index in [1.54, 1.807) is 9.80 Å². The molecule has 0 N–H and O–H groups in total. The average Bonchev–Trinajstić information content (AvgIpc) is 2.64. The first-order valence-electron chi connectivity index (χ1n) is 8.87. The lowest BCUT2D eigenvalue weighted by molar-refractivity contribution is -0.133. The van der Waals surface area contributed by atoms with Gasteiger partial charge in [-0.2, -0.15) is 0 Å². The van der Waals surface area contributed by atoms with E-state index in [1.807, 2.05) is 32.0 Å². The van der Waals surface area contributed by atoms with Crippen molar-refractivity contribution in [3.8, 4) is 0 Å². The molecule has 0 radical (unpaired) electrons. The van der Waals surface area contributed by atoms with Crippen molar-refractivity contribution in [3.63, 3.8) is 0 Å². The molecule has 7 nitrogen and oxygen atoms in total. The Labute approximate surface area is 155 Å². The van der Waals surface area contributed by atoms with Gasteiger partial charge in [0.05, 0.1) is 11.9 Å². The predicted octanol–water partition coefficient (Wildman–Crippen LogP) is 0.878. The fourth-order valence-corrected chi connectivity index (χ4v) is 4.11. The van der Waals surface area contributed by atoms with Crippen LogP contribution in [0.15, 0.2) is 18.2 Å². The van der Waals surface area contributed by atoms with Crippen molar-refractivity contribution in [2.75, 3.05) is 43.3 Å². The Hall–Kier alpha value is -2.09. The van der Waals surface area contributed by atoms with Gasteiger partial charge in [0.15, 0.2) is 0 Å². The van der Waals surface area contributed by atoms with Crippen molar-refractivity contribution in [2.45, 2.75) is 26.7 Å². The van der Waals surface area contributed by atoms with Gasteiger partial charge in [0, 0.05) is 26.2 Å². The van der Waals surface area contributed by atoms with Crippen LogP contribution in [0.2, 0.25) is 0 Å². The number of anilines is 1. The lowest BCUT2D eigenvalue weighted by Gasteiger charge is -2.34. The minimum atomic E-state index is -3.61. The minimum absolute atomic E-state index is 0.218. The van der Waals surface area contributed by atoms with Crippen LogP contribution in [0.1, 0.15) is 25.0 Å². The Morgan fingerprint density at radius 3 is 2.08 bits per heavy atom. The summed E-state index contributed by atoms with van der Waals surface area (Å²) in [6.45, 7) is 5.51. The molecule has 0 aromatic heterocycles. The zero-order chi connectivity index (χ0) is 19.3. The van der Waals surface area contributed by atoms with Crippen LogP contribution in [0.5, 0.6) is 0 Å². The molecule has 1 aliphatic rings. The van der Waals surface area contributed by atoms with Crippen LogP contribution in [0.3, 0.4) is 0 Å². The number of para-hydroxylation sites is 1. The molecular formula is C18H27N3O4S. The Balaban J connectivity index is 2.30. The molecule has 1 aromatic rings. The number of rotatable bonds is 7. The molecule has 0 spiro atoms. The van der Waals surface area contributed by atoms with Crippen LogP contribution >= 0.6 is 0 Å². The first kappa shape index (κ1) is 20.2. The molecule has 1 aliphatic heterocycles. The summed E-state index contributed by atoms with van der Waals surface area (Å²) in [6.07, 6.45) is 3.27. The molecule has 1 fully saturated rings. The number of nitrogens with zero attached hydrogens (tertiary/aromatic N) is 3. The summed E-state index contributed by atoms with van der Waals surface area (Å²) in [5.41, 5.74) is 2.45. The molecule has 144 valence electrons. The SMILES string of the molecule is CCc1cccc(CC)c1N(CC(=O)N1CCN(C=O)CC1)S(C)(=O)=O. The molecule has 0 atom stereocenters. The predicted molar refractivity (Wildman–Crippen MR) is 102 cm³/mol. The van der Waals surface area contributed by atoms with Crippen LogP contribution < -0.4 is 4.31 Å². The van der Waals surface area contributed by atoms with Gasteiger partial charge in [-0.05, 0) is 24.0 Å². The van der Waals surface area contributed by atoms with E-state index in [2.05, 4.69) is 0 Å². The molecule has 8 heteroatoms. The third kappa shape index (κ3) is 4.55. The van der Waals surface area contributed by atoms with E-state index in [1.165, 1.54) is 4.31 Å². The minimum Gasteiger partial charge on any atom is -0.342 e. The quantitative estimate of drug-likeness (QED) is 0.657. The largest absolute Gasteiger partial charge is 0.342 e. The van der Waals surface area contributed by atoms with Gasteiger partial charge in [-0.3, -0.25) is 13.9 Å². The van der Waals surface area contributed by atoms with E-state index in [0.717, 1.165) is 23.8 Å². The van der Waals surface area contributed by atoms with Crippen molar-refractivity contribution in [3.05, 3.63) is 29.3 Å². The zero-order valence-electron chi connectivity index (χ0n) is 15.6. The summed E-state index contributed by atoms with van der Waals surface area (Å²) >= 11 is 0. The number of aryl methyl sites for hydroxylation is 2. The molecule has 2 amide bonds. The topological polar surface area (TPSA) is 78.0 Å². The number of hydrogen-bond donors (Lipinski definition) is 0. The van der Waals surface area contributed by atoms with E-state index in [0.29, 0.717) is 44.7 Å². The first-order valence-corrected chi connectivity index (χ1v) is 10.7. The summed E-state index contributed by atoms with van der Waals surface area (Å²) in [4.78, 5) is 26.8. The highest BCUT2D eigenvalue weighted by Gasteiger charge is 2.28. The van der Waals surface area contributed by atoms with Crippen LogP contribution in [0.25, 0.3) is 0 Å². The van der Waals surface area contributed by atoms with Crippen LogP contribution in [-0.4, -0.2) is 69.5 Å².